The van der Waals surface area contributed by atoms with Crippen molar-refractivity contribution >= 4 is 22.8 Å². The number of hydrogen-bond acceptors (Lipinski definition) is 4. The Morgan fingerprint density at radius 1 is 1.09 bits per heavy atom. The van der Waals surface area contributed by atoms with Gasteiger partial charge in [0.1, 0.15) is 4.91 Å². The van der Waals surface area contributed by atoms with E-state index in [4.69, 9.17) is 0 Å². The molecule has 186 valence electrons. The highest BCUT2D eigenvalue weighted by Gasteiger charge is 2.41. The highest BCUT2D eigenvalue weighted by Crippen LogP contribution is 2.48. The summed E-state index contributed by atoms with van der Waals surface area (Å²) in [6.45, 7) is 6.63. The standard InChI is InChI=1S/C28H47N3OS/c1-3-4-5-6-9-12-16-23(2)17-13-10-7-8-11-14-20-29-27(32)26-25(24-18-19-24)31-22-15-21-30-28(31)33-26/h14,20,23-24H,3-13,15-19,21-22H2,1-2H3,(H,29,32)/b20-14+. The molecular weight excluding hydrogens is 426 g/mol. The number of carbonyl (C=O) groups excluding carboxylic acids is 1. The summed E-state index contributed by atoms with van der Waals surface area (Å²) in [4.78, 5) is 20.6. The smallest absolute Gasteiger partial charge is 0.263 e. The quantitative estimate of drug-likeness (QED) is 0.219. The number of nitrogens with zero attached hydrogens (tertiary/aromatic N) is 2. The fraction of sp³-hybridized carbons (Fsp3) is 0.786. The number of carbonyl (C=O) groups is 1. The molecule has 4 nitrogen and oxygen atoms in total. The van der Waals surface area contributed by atoms with Gasteiger partial charge in [0, 0.05) is 30.9 Å². The zero-order chi connectivity index (χ0) is 23.3. The van der Waals surface area contributed by atoms with Gasteiger partial charge in [-0.05, 0) is 49.8 Å². The number of rotatable bonds is 17. The Bertz CT molecular complexity index is 695. The summed E-state index contributed by atoms with van der Waals surface area (Å²) in [5, 5.41) is 4.06. The third-order valence-corrected chi connectivity index (χ3v) is 8.24. The van der Waals surface area contributed by atoms with Crippen LogP contribution in [0.4, 0.5) is 0 Å². The van der Waals surface area contributed by atoms with Crippen molar-refractivity contribution in [2.75, 3.05) is 13.1 Å². The van der Waals surface area contributed by atoms with Crippen LogP contribution in [-0.4, -0.2) is 29.1 Å². The molecule has 1 atom stereocenters. The van der Waals surface area contributed by atoms with Crippen molar-refractivity contribution in [3.05, 3.63) is 22.9 Å². The largest absolute Gasteiger partial charge is 0.328 e. The normalized spacial score (nSPS) is 19.2. The maximum Gasteiger partial charge on any atom is 0.263 e. The van der Waals surface area contributed by atoms with Crippen LogP contribution >= 0.6 is 11.8 Å². The Kier molecular flexibility index (Phi) is 11.9. The van der Waals surface area contributed by atoms with Crippen molar-refractivity contribution in [1.29, 1.82) is 0 Å². The molecule has 1 unspecified atom stereocenters. The summed E-state index contributed by atoms with van der Waals surface area (Å²) < 4.78 is 0. The molecule has 0 bridgehead atoms. The Hall–Kier alpha value is -1.23. The molecule has 2 heterocycles. The molecule has 0 saturated heterocycles. The van der Waals surface area contributed by atoms with E-state index in [-0.39, 0.29) is 5.91 Å². The molecule has 1 amide bonds. The molecule has 0 aromatic rings. The van der Waals surface area contributed by atoms with E-state index < -0.39 is 0 Å². The molecular formula is C28H47N3OS. The van der Waals surface area contributed by atoms with Gasteiger partial charge in [-0.1, -0.05) is 90.6 Å². The van der Waals surface area contributed by atoms with Crippen LogP contribution in [0.5, 0.6) is 0 Å². The van der Waals surface area contributed by atoms with Crippen LogP contribution in [0.3, 0.4) is 0 Å². The Labute approximate surface area is 207 Å². The minimum atomic E-state index is 0.0506. The number of aliphatic imine (C=N–C) groups is 1. The molecule has 2 aliphatic heterocycles. The highest BCUT2D eigenvalue weighted by molar-refractivity contribution is 8.18. The van der Waals surface area contributed by atoms with Gasteiger partial charge in [0.15, 0.2) is 5.17 Å². The van der Waals surface area contributed by atoms with E-state index >= 15 is 0 Å². The fourth-order valence-electron chi connectivity index (χ4n) is 4.90. The molecule has 3 rings (SSSR count). The zero-order valence-corrected chi connectivity index (χ0v) is 22.1. The third kappa shape index (κ3) is 9.15. The Morgan fingerprint density at radius 3 is 2.52 bits per heavy atom. The molecule has 0 aromatic carbocycles. The first-order valence-electron chi connectivity index (χ1n) is 13.9. The van der Waals surface area contributed by atoms with Crippen molar-refractivity contribution < 1.29 is 4.79 Å². The number of hydrogen-bond donors (Lipinski definition) is 1. The van der Waals surface area contributed by atoms with E-state index in [1.165, 1.54) is 95.6 Å². The van der Waals surface area contributed by atoms with Gasteiger partial charge in [-0.2, -0.15) is 0 Å². The SMILES string of the molecule is CCCCCCCCC(C)CCCCCC/C=C/NC(=O)C1=C(C2CC2)N2CCCN=C2S1. The molecule has 1 N–H and O–H groups in total. The highest BCUT2D eigenvalue weighted by atomic mass is 32.2. The van der Waals surface area contributed by atoms with E-state index in [0.29, 0.717) is 5.92 Å². The predicted octanol–water partition coefficient (Wildman–Crippen LogP) is 7.77. The summed E-state index contributed by atoms with van der Waals surface area (Å²) >= 11 is 1.58. The van der Waals surface area contributed by atoms with Crippen LogP contribution in [-0.2, 0) is 4.79 Å². The first-order valence-corrected chi connectivity index (χ1v) is 14.7. The van der Waals surface area contributed by atoms with Crippen molar-refractivity contribution in [3.63, 3.8) is 0 Å². The second-order valence-corrected chi connectivity index (χ2v) is 11.3. The minimum absolute atomic E-state index is 0.0506. The number of nitrogens with one attached hydrogen (secondary N) is 1. The number of amides is 1. The number of allylic oxidation sites excluding steroid dienone is 2. The lowest BCUT2D eigenvalue weighted by atomic mass is 9.96. The van der Waals surface area contributed by atoms with Crippen LogP contribution < -0.4 is 5.32 Å². The van der Waals surface area contributed by atoms with Gasteiger partial charge < -0.3 is 10.2 Å². The second-order valence-electron chi connectivity index (χ2n) is 10.3. The molecule has 0 aromatic heterocycles. The number of unbranched alkanes of at least 4 members (excludes halogenated alkanes) is 9. The summed E-state index contributed by atoms with van der Waals surface area (Å²) in [5.41, 5.74) is 1.25. The minimum Gasteiger partial charge on any atom is -0.328 e. The summed E-state index contributed by atoms with van der Waals surface area (Å²) in [7, 11) is 0. The topological polar surface area (TPSA) is 44.7 Å². The zero-order valence-electron chi connectivity index (χ0n) is 21.2. The Morgan fingerprint density at radius 2 is 1.79 bits per heavy atom. The number of thioether (sulfide) groups is 1. The lowest BCUT2D eigenvalue weighted by Crippen LogP contribution is -2.30. The van der Waals surface area contributed by atoms with E-state index in [9.17, 15) is 4.79 Å². The second kappa shape index (κ2) is 14.9. The molecule has 1 fully saturated rings. The van der Waals surface area contributed by atoms with Crippen molar-refractivity contribution in [2.24, 2.45) is 16.8 Å². The van der Waals surface area contributed by atoms with Gasteiger partial charge in [0.25, 0.3) is 5.91 Å². The molecule has 5 heteroatoms. The van der Waals surface area contributed by atoms with Crippen LogP contribution in [0.2, 0.25) is 0 Å². The van der Waals surface area contributed by atoms with Crippen LogP contribution in [0.15, 0.2) is 27.9 Å². The summed E-state index contributed by atoms with van der Waals surface area (Å²) in [6.07, 6.45) is 25.0. The molecule has 0 radical (unpaired) electrons. The Balaban J connectivity index is 1.21. The van der Waals surface area contributed by atoms with Gasteiger partial charge in [0.2, 0.25) is 0 Å². The lowest BCUT2D eigenvalue weighted by molar-refractivity contribution is -0.116. The average Bonchev–Trinajstić information content (AvgIpc) is 3.59. The van der Waals surface area contributed by atoms with Crippen molar-refractivity contribution in [3.8, 4) is 0 Å². The fourth-order valence-corrected chi connectivity index (χ4v) is 6.07. The van der Waals surface area contributed by atoms with E-state index in [1.807, 2.05) is 6.20 Å². The van der Waals surface area contributed by atoms with E-state index in [2.05, 4.69) is 35.1 Å². The molecule has 3 aliphatic rings. The third-order valence-electron chi connectivity index (χ3n) is 7.11. The molecule has 33 heavy (non-hydrogen) atoms. The van der Waals surface area contributed by atoms with Gasteiger partial charge in [0.05, 0.1) is 0 Å². The predicted molar refractivity (Wildman–Crippen MR) is 143 cm³/mol. The van der Waals surface area contributed by atoms with Crippen LogP contribution in [0.25, 0.3) is 0 Å². The molecule has 1 aliphatic carbocycles. The van der Waals surface area contributed by atoms with Crippen molar-refractivity contribution in [2.45, 2.75) is 117 Å². The van der Waals surface area contributed by atoms with Gasteiger partial charge >= 0.3 is 0 Å². The first-order chi connectivity index (χ1) is 16.2. The van der Waals surface area contributed by atoms with E-state index in [0.717, 1.165) is 41.9 Å². The van der Waals surface area contributed by atoms with Crippen molar-refractivity contribution in [1.82, 2.24) is 10.2 Å². The van der Waals surface area contributed by atoms with Gasteiger partial charge in [-0.25, -0.2) is 0 Å². The monoisotopic (exact) mass is 473 g/mol. The number of amidine groups is 1. The maximum atomic E-state index is 12.8. The van der Waals surface area contributed by atoms with Crippen LogP contribution in [0.1, 0.15) is 117 Å². The summed E-state index contributed by atoms with van der Waals surface area (Å²) in [6, 6.07) is 0. The summed E-state index contributed by atoms with van der Waals surface area (Å²) in [5.74, 6) is 1.51. The average molecular weight is 474 g/mol. The van der Waals surface area contributed by atoms with Crippen LogP contribution in [0, 0.1) is 11.8 Å². The number of fused-ring (bicyclic) bond motifs is 1. The maximum absolute atomic E-state index is 12.8. The van der Waals surface area contributed by atoms with Gasteiger partial charge in [-0.15, -0.1) is 0 Å². The van der Waals surface area contributed by atoms with Gasteiger partial charge in [-0.3, -0.25) is 9.79 Å². The molecule has 0 spiro atoms. The van der Waals surface area contributed by atoms with E-state index in [1.54, 1.807) is 11.8 Å². The lowest BCUT2D eigenvalue weighted by Gasteiger charge is -2.25. The molecule has 1 saturated carbocycles. The first kappa shape index (κ1) is 26.4.